The minimum Gasteiger partial charge on any atom is -0.331 e. The van der Waals surface area contributed by atoms with Gasteiger partial charge in [0.1, 0.15) is 5.82 Å². The zero-order valence-corrected chi connectivity index (χ0v) is 15.2. The molecule has 1 aromatic carbocycles. The van der Waals surface area contributed by atoms with Gasteiger partial charge in [0.2, 0.25) is 0 Å². The summed E-state index contributed by atoms with van der Waals surface area (Å²) in [6.07, 6.45) is 5.16. The summed E-state index contributed by atoms with van der Waals surface area (Å²) in [6, 6.07) is 9.54. The van der Waals surface area contributed by atoms with E-state index in [1.165, 1.54) is 37.2 Å². The molecule has 0 saturated carbocycles. The Labute approximate surface area is 145 Å². The lowest BCUT2D eigenvalue weighted by Gasteiger charge is -2.37. The highest BCUT2D eigenvalue weighted by Gasteiger charge is 2.24. The zero-order chi connectivity index (χ0) is 16.9. The van der Waals surface area contributed by atoms with Crippen LogP contribution in [0.4, 0.5) is 0 Å². The van der Waals surface area contributed by atoms with Gasteiger partial charge in [-0.25, -0.2) is 4.98 Å². The number of benzene rings is 1. The number of hydrogen-bond acceptors (Lipinski definition) is 3. The molecule has 0 aliphatic carbocycles. The Morgan fingerprint density at radius 1 is 1.29 bits per heavy atom. The van der Waals surface area contributed by atoms with Gasteiger partial charge in [-0.1, -0.05) is 38.1 Å². The zero-order valence-electron chi connectivity index (χ0n) is 15.2. The SMILES string of the molecule is CCN1CC[C@@H](NCc2cccc(Cn3ccnc3C)c2)[C@H](C)C1. The first-order chi connectivity index (χ1) is 11.7. The minimum atomic E-state index is 0.632. The van der Waals surface area contributed by atoms with Gasteiger partial charge in [0.15, 0.2) is 0 Å². The van der Waals surface area contributed by atoms with Gasteiger partial charge in [-0.15, -0.1) is 0 Å². The average Bonchev–Trinajstić information content (AvgIpc) is 2.99. The molecule has 1 saturated heterocycles. The van der Waals surface area contributed by atoms with Crippen molar-refractivity contribution < 1.29 is 0 Å². The maximum atomic E-state index is 4.30. The van der Waals surface area contributed by atoms with E-state index in [0.29, 0.717) is 6.04 Å². The van der Waals surface area contributed by atoms with Crippen LogP contribution in [-0.2, 0) is 13.1 Å². The summed E-state index contributed by atoms with van der Waals surface area (Å²) in [5, 5.41) is 3.78. The molecule has 1 aliphatic heterocycles. The van der Waals surface area contributed by atoms with E-state index in [4.69, 9.17) is 0 Å². The normalized spacial score (nSPS) is 22.0. The molecule has 1 aromatic heterocycles. The van der Waals surface area contributed by atoms with Crippen LogP contribution < -0.4 is 5.32 Å². The molecule has 2 heterocycles. The fourth-order valence-electron chi connectivity index (χ4n) is 3.68. The summed E-state index contributed by atoms with van der Waals surface area (Å²) in [7, 11) is 0. The predicted octanol–water partition coefficient (Wildman–Crippen LogP) is 3.06. The Balaban J connectivity index is 1.56. The molecule has 1 aliphatic rings. The smallest absolute Gasteiger partial charge is 0.105 e. The van der Waals surface area contributed by atoms with Crippen LogP contribution in [0.15, 0.2) is 36.7 Å². The number of likely N-dealkylation sites (tertiary alicyclic amines) is 1. The molecule has 1 N–H and O–H groups in total. The van der Waals surface area contributed by atoms with Crippen molar-refractivity contribution in [2.45, 2.75) is 46.3 Å². The molecule has 0 spiro atoms. The van der Waals surface area contributed by atoms with E-state index in [1.54, 1.807) is 0 Å². The Hall–Kier alpha value is -1.65. The minimum absolute atomic E-state index is 0.632. The second-order valence-corrected chi connectivity index (χ2v) is 7.07. The van der Waals surface area contributed by atoms with E-state index in [-0.39, 0.29) is 0 Å². The van der Waals surface area contributed by atoms with E-state index in [9.17, 15) is 0 Å². The molecule has 4 nitrogen and oxygen atoms in total. The molecule has 3 rings (SSSR count). The van der Waals surface area contributed by atoms with Crippen molar-refractivity contribution in [2.75, 3.05) is 19.6 Å². The number of rotatable bonds is 6. The quantitative estimate of drug-likeness (QED) is 0.886. The summed E-state index contributed by atoms with van der Waals surface area (Å²) in [4.78, 5) is 6.85. The summed E-state index contributed by atoms with van der Waals surface area (Å²) in [6.45, 7) is 12.1. The second-order valence-electron chi connectivity index (χ2n) is 7.07. The van der Waals surface area contributed by atoms with Gasteiger partial charge in [-0.3, -0.25) is 0 Å². The second kappa shape index (κ2) is 7.95. The maximum absolute atomic E-state index is 4.30. The van der Waals surface area contributed by atoms with E-state index in [1.807, 2.05) is 12.4 Å². The van der Waals surface area contributed by atoms with Crippen LogP contribution in [0.1, 0.15) is 37.2 Å². The van der Waals surface area contributed by atoms with Crippen molar-refractivity contribution in [1.82, 2.24) is 19.8 Å². The predicted molar refractivity (Wildman–Crippen MR) is 99.0 cm³/mol. The highest BCUT2D eigenvalue weighted by molar-refractivity contribution is 5.24. The lowest BCUT2D eigenvalue weighted by atomic mass is 9.93. The number of nitrogens with one attached hydrogen (secondary N) is 1. The van der Waals surface area contributed by atoms with Gasteiger partial charge in [0, 0.05) is 38.1 Å². The molecule has 0 bridgehead atoms. The number of aryl methyl sites for hydroxylation is 1. The van der Waals surface area contributed by atoms with E-state index >= 15 is 0 Å². The molecule has 0 unspecified atom stereocenters. The summed E-state index contributed by atoms with van der Waals surface area (Å²) < 4.78 is 2.19. The topological polar surface area (TPSA) is 33.1 Å². The molecular formula is C20H30N4. The maximum Gasteiger partial charge on any atom is 0.105 e. The van der Waals surface area contributed by atoms with Crippen LogP contribution in [0.3, 0.4) is 0 Å². The lowest BCUT2D eigenvalue weighted by Crippen LogP contribution is -2.47. The van der Waals surface area contributed by atoms with Gasteiger partial charge >= 0.3 is 0 Å². The van der Waals surface area contributed by atoms with Crippen LogP contribution in [0, 0.1) is 12.8 Å². The standard InChI is InChI=1S/C20H30N4/c1-4-23-10-8-20(16(2)14-23)22-13-18-6-5-7-19(12-18)15-24-11-9-21-17(24)3/h5-7,9,11-12,16,20,22H,4,8,10,13-15H2,1-3H3/t16-,20-/m1/s1. The van der Waals surface area contributed by atoms with Crippen molar-refractivity contribution in [3.8, 4) is 0 Å². The van der Waals surface area contributed by atoms with Crippen LogP contribution in [0.5, 0.6) is 0 Å². The molecular weight excluding hydrogens is 296 g/mol. The first kappa shape index (κ1) is 17.2. The fraction of sp³-hybridized carbons (Fsp3) is 0.550. The lowest BCUT2D eigenvalue weighted by molar-refractivity contribution is 0.153. The van der Waals surface area contributed by atoms with Crippen molar-refractivity contribution >= 4 is 0 Å². The first-order valence-corrected chi connectivity index (χ1v) is 9.17. The van der Waals surface area contributed by atoms with E-state index in [2.05, 4.69) is 64.8 Å². The molecule has 0 amide bonds. The number of hydrogen-bond donors (Lipinski definition) is 1. The van der Waals surface area contributed by atoms with Crippen LogP contribution in [-0.4, -0.2) is 40.1 Å². The van der Waals surface area contributed by atoms with Crippen molar-refractivity contribution in [1.29, 1.82) is 0 Å². The third-order valence-corrected chi connectivity index (χ3v) is 5.27. The summed E-state index contributed by atoms with van der Waals surface area (Å²) >= 11 is 0. The molecule has 2 atom stereocenters. The first-order valence-electron chi connectivity index (χ1n) is 9.17. The van der Waals surface area contributed by atoms with Gasteiger partial charge in [0.25, 0.3) is 0 Å². The molecule has 1 fully saturated rings. The van der Waals surface area contributed by atoms with Crippen LogP contribution in [0.25, 0.3) is 0 Å². The molecule has 24 heavy (non-hydrogen) atoms. The van der Waals surface area contributed by atoms with Crippen LogP contribution >= 0.6 is 0 Å². The Morgan fingerprint density at radius 3 is 2.83 bits per heavy atom. The summed E-state index contributed by atoms with van der Waals surface area (Å²) in [5.41, 5.74) is 2.71. The Bertz CT molecular complexity index is 649. The van der Waals surface area contributed by atoms with Crippen molar-refractivity contribution in [3.63, 3.8) is 0 Å². The van der Waals surface area contributed by atoms with Gasteiger partial charge in [0.05, 0.1) is 0 Å². The highest BCUT2D eigenvalue weighted by atomic mass is 15.1. The Morgan fingerprint density at radius 2 is 2.12 bits per heavy atom. The Kier molecular flexibility index (Phi) is 5.69. The number of imidazole rings is 1. The largest absolute Gasteiger partial charge is 0.331 e. The van der Waals surface area contributed by atoms with Crippen molar-refractivity contribution in [2.24, 2.45) is 5.92 Å². The van der Waals surface area contributed by atoms with Crippen molar-refractivity contribution in [3.05, 3.63) is 53.6 Å². The molecule has 0 radical (unpaired) electrons. The number of piperidine rings is 1. The third kappa shape index (κ3) is 4.25. The van der Waals surface area contributed by atoms with Gasteiger partial charge in [-0.05, 0) is 43.5 Å². The number of aromatic nitrogens is 2. The van der Waals surface area contributed by atoms with Gasteiger partial charge in [-0.2, -0.15) is 0 Å². The fourth-order valence-corrected chi connectivity index (χ4v) is 3.68. The monoisotopic (exact) mass is 326 g/mol. The third-order valence-electron chi connectivity index (χ3n) is 5.27. The molecule has 130 valence electrons. The highest BCUT2D eigenvalue weighted by Crippen LogP contribution is 2.17. The van der Waals surface area contributed by atoms with E-state index in [0.717, 1.165) is 24.8 Å². The summed E-state index contributed by atoms with van der Waals surface area (Å²) in [5.74, 6) is 1.78. The molecule has 2 aromatic rings. The average molecular weight is 326 g/mol. The van der Waals surface area contributed by atoms with Gasteiger partial charge < -0.3 is 14.8 Å². The van der Waals surface area contributed by atoms with E-state index < -0.39 is 0 Å². The van der Waals surface area contributed by atoms with Crippen LogP contribution in [0.2, 0.25) is 0 Å². The molecule has 4 heteroatoms. The number of nitrogens with zero attached hydrogens (tertiary/aromatic N) is 3.